The van der Waals surface area contributed by atoms with Gasteiger partial charge in [-0.3, -0.25) is 10.1 Å². The quantitative estimate of drug-likeness (QED) is 0.723. The Balaban J connectivity index is 3.00. The van der Waals surface area contributed by atoms with Crippen molar-refractivity contribution in [2.24, 2.45) is 5.73 Å². The highest BCUT2D eigenvalue weighted by molar-refractivity contribution is 6.02. The third kappa shape index (κ3) is 2.33. The van der Waals surface area contributed by atoms with Crippen LogP contribution in [-0.2, 0) is 4.74 Å². The Bertz CT molecular complexity index is 423. The third-order valence-electron chi connectivity index (χ3n) is 2.25. The van der Waals surface area contributed by atoms with Gasteiger partial charge in [0.15, 0.2) is 0 Å². The summed E-state index contributed by atoms with van der Waals surface area (Å²) in [5.41, 5.74) is 7.01. The number of nitrogens with two attached hydrogens (primary N) is 1. The normalized spacial score (nSPS) is 9.94. The minimum Gasteiger partial charge on any atom is -0.450 e. The lowest BCUT2D eigenvalue weighted by Crippen LogP contribution is -2.18. The summed E-state index contributed by atoms with van der Waals surface area (Å²) in [6.07, 6.45) is -0.619. The predicted molar refractivity (Wildman–Crippen MR) is 59.4 cm³/mol. The summed E-state index contributed by atoms with van der Waals surface area (Å²) in [5, 5.41) is 2.44. The van der Waals surface area contributed by atoms with Crippen LogP contribution in [0.1, 0.15) is 28.5 Å². The van der Waals surface area contributed by atoms with Crippen molar-refractivity contribution in [1.29, 1.82) is 0 Å². The number of amides is 2. The largest absolute Gasteiger partial charge is 0.450 e. The molecular formula is C10H15N3O3. The molecule has 0 bridgehead atoms. The number of anilines is 1. The van der Waals surface area contributed by atoms with E-state index >= 15 is 0 Å². The first-order chi connectivity index (χ1) is 7.47. The van der Waals surface area contributed by atoms with E-state index in [0.717, 1.165) is 11.3 Å². The van der Waals surface area contributed by atoms with E-state index in [1.54, 1.807) is 20.8 Å². The van der Waals surface area contributed by atoms with Gasteiger partial charge in [-0.05, 0) is 26.3 Å². The van der Waals surface area contributed by atoms with Crippen molar-refractivity contribution in [3.63, 3.8) is 0 Å². The number of rotatable bonds is 3. The molecule has 1 aromatic rings. The van der Waals surface area contributed by atoms with E-state index in [1.807, 2.05) is 0 Å². The lowest BCUT2D eigenvalue weighted by atomic mass is 10.1. The van der Waals surface area contributed by atoms with Crippen LogP contribution in [0.2, 0.25) is 0 Å². The highest BCUT2D eigenvalue weighted by atomic mass is 16.5. The number of nitrogens with one attached hydrogen (secondary N) is 2. The first kappa shape index (κ1) is 12.1. The molecule has 0 fully saturated rings. The number of carbonyl (C=O) groups excluding carboxylic acids is 2. The van der Waals surface area contributed by atoms with Crippen LogP contribution in [0, 0.1) is 13.8 Å². The summed E-state index contributed by atoms with van der Waals surface area (Å²) in [4.78, 5) is 25.3. The molecule has 1 aromatic heterocycles. The second-order valence-electron chi connectivity index (χ2n) is 3.33. The van der Waals surface area contributed by atoms with Crippen molar-refractivity contribution in [2.45, 2.75) is 20.8 Å². The van der Waals surface area contributed by atoms with E-state index < -0.39 is 12.0 Å². The first-order valence-electron chi connectivity index (χ1n) is 4.90. The minimum atomic E-state index is -0.619. The summed E-state index contributed by atoms with van der Waals surface area (Å²) < 4.78 is 4.71. The van der Waals surface area contributed by atoms with E-state index in [1.165, 1.54) is 0 Å². The Labute approximate surface area is 93.2 Å². The van der Waals surface area contributed by atoms with Gasteiger partial charge in [0.05, 0.1) is 12.2 Å². The number of aryl methyl sites for hydroxylation is 1. The fourth-order valence-corrected chi connectivity index (χ4v) is 1.39. The topological polar surface area (TPSA) is 97.2 Å². The van der Waals surface area contributed by atoms with Gasteiger partial charge in [0.2, 0.25) is 0 Å². The van der Waals surface area contributed by atoms with Gasteiger partial charge in [-0.1, -0.05) is 0 Å². The average molecular weight is 225 g/mol. The molecule has 6 heteroatoms. The fourth-order valence-electron chi connectivity index (χ4n) is 1.39. The molecule has 0 spiro atoms. The number of carbonyl (C=O) groups is 2. The second-order valence-corrected chi connectivity index (χ2v) is 3.33. The molecule has 6 nitrogen and oxygen atoms in total. The molecule has 0 saturated carbocycles. The number of hydrogen-bond donors (Lipinski definition) is 3. The highest BCUT2D eigenvalue weighted by Crippen LogP contribution is 2.21. The first-order valence-corrected chi connectivity index (χ1v) is 4.90. The van der Waals surface area contributed by atoms with Crippen LogP contribution >= 0.6 is 0 Å². The molecule has 16 heavy (non-hydrogen) atoms. The molecule has 0 aromatic carbocycles. The monoisotopic (exact) mass is 225 g/mol. The van der Waals surface area contributed by atoms with Gasteiger partial charge in [-0.15, -0.1) is 0 Å². The number of H-pyrrole nitrogens is 1. The van der Waals surface area contributed by atoms with E-state index in [2.05, 4.69) is 10.3 Å². The zero-order valence-electron chi connectivity index (χ0n) is 9.51. The maximum Gasteiger partial charge on any atom is 0.412 e. The van der Waals surface area contributed by atoms with Crippen molar-refractivity contribution >= 4 is 17.8 Å². The lowest BCUT2D eigenvalue weighted by molar-refractivity contribution is 0.100. The molecule has 0 atom stereocenters. The zero-order valence-corrected chi connectivity index (χ0v) is 9.51. The van der Waals surface area contributed by atoms with Crippen LogP contribution in [-0.4, -0.2) is 23.6 Å². The van der Waals surface area contributed by atoms with Gasteiger partial charge < -0.3 is 15.5 Å². The zero-order chi connectivity index (χ0) is 12.3. The standard InChI is InChI=1S/C10H15N3O3/c1-4-16-10(15)13-9-7(8(11)14)5(2)6(3)12-9/h12H,4H2,1-3H3,(H2,11,14)(H,13,15). The average Bonchev–Trinajstić information content (AvgIpc) is 2.42. The third-order valence-corrected chi connectivity index (χ3v) is 2.25. The maximum atomic E-state index is 11.2. The maximum absolute atomic E-state index is 11.2. The van der Waals surface area contributed by atoms with Gasteiger partial charge in [-0.2, -0.15) is 0 Å². The Morgan fingerprint density at radius 2 is 2.06 bits per heavy atom. The van der Waals surface area contributed by atoms with E-state index in [4.69, 9.17) is 10.5 Å². The van der Waals surface area contributed by atoms with E-state index in [9.17, 15) is 9.59 Å². The van der Waals surface area contributed by atoms with Gasteiger partial charge >= 0.3 is 6.09 Å². The SMILES string of the molecule is CCOC(=O)Nc1[nH]c(C)c(C)c1C(N)=O. The van der Waals surface area contributed by atoms with Crippen LogP contribution < -0.4 is 11.1 Å². The molecule has 1 heterocycles. The van der Waals surface area contributed by atoms with Gasteiger partial charge in [-0.25, -0.2) is 4.79 Å². The molecule has 0 radical (unpaired) electrons. The molecule has 0 aliphatic heterocycles. The number of primary amides is 1. The van der Waals surface area contributed by atoms with Crippen LogP contribution in [0.25, 0.3) is 0 Å². The van der Waals surface area contributed by atoms with Crippen molar-refractivity contribution in [2.75, 3.05) is 11.9 Å². The molecule has 2 amide bonds. The van der Waals surface area contributed by atoms with Crippen molar-refractivity contribution in [1.82, 2.24) is 4.98 Å². The van der Waals surface area contributed by atoms with Crippen LogP contribution in [0.5, 0.6) is 0 Å². The van der Waals surface area contributed by atoms with Gasteiger partial charge in [0, 0.05) is 5.69 Å². The van der Waals surface area contributed by atoms with Crippen molar-refractivity contribution in [3.05, 3.63) is 16.8 Å². The number of aromatic amines is 1. The Kier molecular flexibility index (Phi) is 3.55. The summed E-state index contributed by atoms with van der Waals surface area (Å²) in [5.74, 6) is -0.311. The second kappa shape index (κ2) is 4.69. The molecule has 1 rings (SSSR count). The number of hydrogen-bond acceptors (Lipinski definition) is 3. The Morgan fingerprint density at radius 1 is 1.44 bits per heavy atom. The minimum absolute atomic E-state index is 0.260. The summed E-state index contributed by atoms with van der Waals surface area (Å²) >= 11 is 0. The Hall–Kier alpha value is -1.98. The highest BCUT2D eigenvalue weighted by Gasteiger charge is 2.18. The summed E-state index contributed by atoms with van der Waals surface area (Å²) in [7, 11) is 0. The van der Waals surface area contributed by atoms with Crippen LogP contribution in [0.15, 0.2) is 0 Å². The van der Waals surface area contributed by atoms with Gasteiger partial charge in [0.1, 0.15) is 5.82 Å². The molecule has 4 N–H and O–H groups in total. The summed E-state index contributed by atoms with van der Waals surface area (Å²) in [6.45, 7) is 5.50. The van der Waals surface area contributed by atoms with Crippen LogP contribution in [0.3, 0.4) is 0 Å². The molecule has 0 aliphatic carbocycles. The molecule has 88 valence electrons. The van der Waals surface area contributed by atoms with Crippen molar-refractivity contribution < 1.29 is 14.3 Å². The number of aromatic nitrogens is 1. The molecule has 0 aliphatic rings. The Morgan fingerprint density at radius 3 is 2.56 bits per heavy atom. The summed E-state index contributed by atoms with van der Waals surface area (Å²) in [6, 6.07) is 0. The van der Waals surface area contributed by atoms with E-state index in [-0.39, 0.29) is 18.0 Å². The molecule has 0 unspecified atom stereocenters. The van der Waals surface area contributed by atoms with E-state index in [0.29, 0.717) is 0 Å². The molecule has 0 saturated heterocycles. The smallest absolute Gasteiger partial charge is 0.412 e. The molecular weight excluding hydrogens is 210 g/mol. The lowest BCUT2D eigenvalue weighted by Gasteiger charge is -2.04. The fraction of sp³-hybridized carbons (Fsp3) is 0.400. The predicted octanol–water partition coefficient (Wildman–Crippen LogP) is 1.30. The van der Waals surface area contributed by atoms with Crippen molar-refractivity contribution in [3.8, 4) is 0 Å². The number of ether oxygens (including phenoxy) is 1. The van der Waals surface area contributed by atoms with Gasteiger partial charge in [0.25, 0.3) is 5.91 Å². The van der Waals surface area contributed by atoms with Crippen LogP contribution in [0.4, 0.5) is 10.6 Å².